The fourth-order valence-electron chi connectivity index (χ4n) is 3.31. The van der Waals surface area contributed by atoms with Crippen molar-refractivity contribution in [1.82, 2.24) is 0 Å². The molecule has 0 heteroatoms. The van der Waals surface area contributed by atoms with Crippen LogP contribution < -0.4 is 0 Å². The first kappa shape index (κ1) is 9.90. The normalized spacial score (nSPS) is 27.0. The van der Waals surface area contributed by atoms with Crippen LogP contribution in [-0.4, -0.2) is 0 Å². The number of hydrogen-bond donors (Lipinski definition) is 0. The molecule has 18 heavy (non-hydrogen) atoms. The third-order valence-corrected chi connectivity index (χ3v) is 4.15. The van der Waals surface area contributed by atoms with Gasteiger partial charge < -0.3 is 0 Å². The molecule has 0 nitrogen and oxygen atoms in total. The predicted octanol–water partition coefficient (Wildman–Crippen LogP) is 4.35. The Hall–Kier alpha value is -2.08. The van der Waals surface area contributed by atoms with E-state index in [4.69, 9.17) is 0 Å². The lowest BCUT2D eigenvalue weighted by Gasteiger charge is -2.36. The first-order chi connectivity index (χ1) is 8.88. The zero-order valence-corrected chi connectivity index (χ0v) is 10.2. The van der Waals surface area contributed by atoms with Gasteiger partial charge in [0.25, 0.3) is 0 Å². The third-order valence-electron chi connectivity index (χ3n) is 4.15. The predicted molar refractivity (Wildman–Crippen MR) is 75.9 cm³/mol. The molecule has 0 spiro atoms. The van der Waals surface area contributed by atoms with E-state index in [1.807, 2.05) is 6.08 Å². The molecule has 4 rings (SSSR count). The minimum Gasteiger partial charge on any atom is -0.0985 e. The van der Waals surface area contributed by atoms with Crippen LogP contribution in [0.25, 0.3) is 0 Å². The van der Waals surface area contributed by atoms with E-state index >= 15 is 0 Å². The van der Waals surface area contributed by atoms with Gasteiger partial charge in [0.15, 0.2) is 0 Å². The van der Waals surface area contributed by atoms with Gasteiger partial charge in [0.2, 0.25) is 0 Å². The third kappa shape index (κ3) is 1.15. The van der Waals surface area contributed by atoms with E-state index in [-0.39, 0.29) is 0 Å². The molecule has 4 aliphatic rings. The van der Waals surface area contributed by atoms with E-state index in [1.165, 1.54) is 33.4 Å². The van der Waals surface area contributed by atoms with Gasteiger partial charge in [-0.25, -0.2) is 0 Å². The van der Waals surface area contributed by atoms with Crippen molar-refractivity contribution in [2.24, 2.45) is 5.92 Å². The van der Waals surface area contributed by atoms with Crippen molar-refractivity contribution in [3.05, 3.63) is 94.7 Å². The molecule has 0 amide bonds. The second kappa shape index (κ2) is 3.46. The molecule has 0 heterocycles. The van der Waals surface area contributed by atoms with Gasteiger partial charge in [-0.2, -0.15) is 0 Å². The molecule has 0 aromatic heterocycles. The van der Waals surface area contributed by atoms with Crippen molar-refractivity contribution in [2.45, 2.75) is 6.42 Å². The Morgan fingerprint density at radius 1 is 1.06 bits per heavy atom. The zero-order valence-electron chi connectivity index (χ0n) is 10.2. The Balaban J connectivity index is 2.02. The summed E-state index contributed by atoms with van der Waals surface area (Å²) in [6.45, 7) is 3.93. The molecule has 86 valence electrons. The SMILES string of the molecule is C=CC1=C2C=CC3=C4C(=CC=C(C=C1)C24)C=CC3. The summed E-state index contributed by atoms with van der Waals surface area (Å²) >= 11 is 0. The van der Waals surface area contributed by atoms with Crippen LogP contribution in [-0.2, 0) is 0 Å². The number of hydrogen-bond acceptors (Lipinski definition) is 0. The van der Waals surface area contributed by atoms with Crippen molar-refractivity contribution >= 4 is 0 Å². The average Bonchev–Trinajstić information content (AvgIpc) is 2.44. The van der Waals surface area contributed by atoms with Crippen LogP contribution in [0.15, 0.2) is 94.7 Å². The highest BCUT2D eigenvalue weighted by Gasteiger charge is 2.32. The smallest absolute Gasteiger partial charge is 0.0354 e. The highest BCUT2D eigenvalue weighted by atomic mass is 14.4. The Bertz CT molecular complexity index is 667. The first-order valence-electron chi connectivity index (χ1n) is 6.43. The monoisotopic (exact) mass is 230 g/mol. The molecule has 0 fully saturated rings. The van der Waals surface area contributed by atoms with E-state index in [0.29, 0.717) is 5.92 Å². The maximum atomic E-state index is 3.93. The fraction of sp³-hybridized carbons (Fsp3) is 0.111. The largest absolute Gasteiger partial charge is 0.0985 e. The van der Waals surface area contributed by atoms with Crippen molar-refractivity contribution in [2.75, 3.05) is 0 Å². The standard InChI is InChI=1S/C18H14/c1-2-12-6-7-15-9-8-13-4-3-5-14-10-11-16(12)18(15)17(13)14/h2-4,6-11,18H,1,5H2. The fourth-order valence-corrected chi connectivity index (χ4v) is 3.31. The van der Waals surface area contributed by atoms with Crippen molar-refractivity contribution in [3.63, 3.8) is 0 Å². The van der Waals surface area contributed by atoms with Crippen molar-refractivity contribution in [3.8, 4) is 0 Å². The van der Waals surface area contributed by atoms with E-state index in [1.54, 1.807) is 0 Å². The lowest BCUT2D eigenvalue weighted by Crippen LogP contribution is -2.21. The lowest BCUT2D eigenvalue weighted by molar-refractivity contribution is 0.830. The Kier molecular flexibility index (Phi) is 1.90. The summed E-state index contributed by atoms with van der Waals surface area (Å²) in [6.07, 6.45) is 21.0. The Labute approximate surface area is 107 Å². The van der Waals surface area contributed by atoms with Crippen LogP contribution in [0.1, 0.15) is 6.42 Å². The summed E-state index contributed by atoms with van der Waals surface area (Å²) in [7, 11) is 0. The molecule has 1 unspecified atom stereocenters. The lowest BCUT2D eigenvalue weighted by atomic mass is 9.68. The van der Waals surface area contributed by atoms with E-state index in [2.05, 4.69) is 55.2 Å². The highest BCUT2D eigenvalue weighted by molar-refractivity contribution is 5.69. The van der Waals surface area contributed by atoms with Gasteiger partial charge in [0, 0.05) is 5.92 Å². The second-order valence-electron chi connectivity index (χ2n) is 5.05. The average molecular weight is 230 g/mol. The molecule has 0 bridgehead atoms. The molecule has 0 saturated heterocycles. The maximum Gasteiger partial charge on any atom is 0.0354 e. The van der Waals surface area contributed by atoms with Gasteiger partial charge in [-0.15, -0.1) is 0 Å². The van der Waals surface area contributed by atoms with Gasteiger partial charge in [-0.05, 0) is 39.9 Å². The minimum absolute atomic E-state index is 0.438. The molecule has 0 aliphatic heterocycles. The Morgan fingerprint density at radius 2 is 2.00 bits per heavy atom. The molecule has 0 saturated carbocycles. The molecule has 0 aromatic carbocycles. The topological polar surface area (TPSA) is 0 Å². The summed E-state index contributed by atoms with van der Waals surface area (Å²) in [5.41, 5.74) is 8.43. The summed E-state index contributed by atoms with van der Waals surface area (Å²) in [4.78, 5) is 0. The first-order valence-corrected chi connectivity index (χ1v) is 6.43. The quantitative estimate of drug-likeness (QED) is 0.628. The van der Waals surface area contributed by atoms with E-state index in [0.717, 1.165) is 6.42 Å². The van der Waals surface area contributed by atoms with Crippen LogP contribution in [0.5, 0.6) is 0 Å². The van der Waals surface area contributed by atoms with Gasteiger partial charge >= 0.3 is 0 Å². The molecule has 1 atom stereocenters. The summed E-state index contributed by atoms with van der Waals surface area (Å²) in [6, 6.07) is 0. The van der Waals surface area contributed by atoms with Crippen molar-refractivity contribution < 1.29 is 0 Å². The van der Waals surface area contributed by atoms with Gasteiger partial charge in [-0.3, -0.25) is 0 Å². The molecular formula is C18H14. The molecule has 0 N–H and O–H groups in total. The number of allylic oxidation sites excluding steroid dienone is 15. The van der Waals surface area contributed by atoms with Crippen LogP contribution in [0.3, 0.4) is 0 Å². The summed E-state index contributed by atoms with van der Waals surface area (Å²) in [5.74, 6) is 0.438. The Morgan fingerprint density at radius 3 is 2.89 bits per heavy atom. The van der Waals surface area contributed by atoms with E-state index < -0.39 is 0 Å². The van der Waals surface area contributed by atoms with Crippen LogP contribution in [0.4, 0.5) is 0 Å². The second-order valence-corrected chi connectivity index (χ2v) is 5.05. The van der Waals surface area contributed by atoms with E-state index in [9.17, 15) is 0 Å². The van der Waals surface area contributed by atoms with Crippen LogP contribution >= 0.6 is 0 Å². The summed E-state index contributed by atoms with van der Waals surface area (Å²) < 4.78 is 0. The number of rotatable bonds is 1. The molecule has 0 radical (unpaired) electrons. The van der Waals surface area contributed by atoms with Gasteiger partial charge in [0.05, 0.1) is 0 Å². The van der Waals surface area contributed by atoms with Crippen molar-refractivity contribution in [1.29, 1.82) is 0 Å². The molecular weight excluding hydrogens is 216 g/mol. The van der Waals surface area contributed by atoms with Crippen LogP contribution in [0, 0.1) is 5.92 Å². The minimum atomic E-state index is 0.438. The van der Waals surface area contributed by atoms with Crippen LogP contribution in [0.2, 0.25) is 0 Å². The maximum absolute atomic E-state index is 3.93. The zero-order chi connectivity index (χ0) is 12.1. The van der Waals surface area contributed by atoms with Gasteiger partial charge in [0.1, 0.15) is 0 Å². The summed E-state index contributed by atoms with van der Waals surface area (Å²) in [5, 5.41) is 0. The molecule has 4 aliphatic carbocycles. The molecule has 0 aromatic rings. The van der Waals surface area contributed by atoms with Gasteiger partial charge in [-0.1, -0.05) is 61.3 Å². The highest BCUT2D eigenvalue weighted by Crippen LogP contribution is 2.47.